The Morgan fingerprint density at radius 3 is 2.80 bits per heavy atom. The van der Waals surface area contributed by atoms with Crippen molar-refractivity contribution in [2.24, 2.45) is 11.8 Å². The summed E-state index contributed by atoms with van der Waals surface area (Å²) in [5, 5.41) is 6.37. The molecule has 20 heavy (non-hydrogen) atoms. The molecule has 1 aromatic rings. The Morgan fingerprint density at radius 1 is 1.35 bits per heavy atom. The van der Waals surface area contributed by atoms with E-state index in [0.717, 1.165) is 35.8 Å². The second kappa shape index (κ2) is 6.78. The molecule has 0 spiro atoms. The standard InChI is InChI=1S/C17H26N2O/c1-4-18-16-8-6-13(3)10-15(16)17(20)19-11-14-7-5-12(2)9-14/h6,8,10,12,14,18H,4-5,7,9,11H2,1-3H3,(H,19,20). The first-order valence-electron chi connectivity index (χ1n) is 7.72. The lowest BCUT2D eigenvalue weighted by atomic mass is 10.1. The number of amides is 1. The molecule has 3 heteroatoms. The molecule has 1 amide bonds. The zero-order chi connectivity index (χ0) is 14.5. The Kier molecular flexibility index (Phi) is 5.05. The van der Waals surface area contributed by atoms with Crippen molar-refractivity contribution in [3.63, 3.8) is 0 Å². The van der Waals surface area contributed by atoms with Crippen molar-refractivity contribution < 1.29 is 4.79 Å². The molecule has 2 atom stereocenters. The van der Waals surface area contributed by atoms with Crippen LogP contribution in [0.4, 0.5) is 5.69 Å². The van der Waals surface area contributed by atoms with E-state index in [4.69, 9.17) is 0 Å². The average Bonchev–Trinajstić information content (AvgIpc) is 2.84. The first-order chi connectivity index (χ1) is 9.60. The predicted molar refractivity (Wildman–Crippen MR) is 84.2 cm³/mol. The molecule has 1 fully saturated rings. The topological polar surface area (TPSA) is 41.1 Å². The summed E-state index contributed by atoms with van der Waals surface area (Å²) in [6.45, 7) is 7.99. The average molecular weight is 274 g/mol. The summed E-state index contributed by atoms with van der Waals surface area (Å²) >= 11 is 0. The quantitative estimate of drug-likeness (QED) is 0.861. The molecule has 3 nitrogen and oxygen atoms in total. The highest BCUT2D eigenvalue weighted by Crippen LogP contribution is 2.29. The zero-order valence-corrected chi connectivity index (χ0v) is 12.8. The fourth-order valence-corrected chi connectivity index (χ4v) is 3.03. The van der Waals surface area contributed by atoms with Gasteiger partial charge in [-0.1, -0.05) is 25.0 Å². The molecule has 1 aliphatic carbocycles. The Balaban J connectivity index is 1.99. The van der Waals surface area contributed by atoms with Crippen molar-refractivity contribution in [3.05, 3.63) is 29.3 Å². The van der Waals surface area contributed by atoms with Crippen LogP contribution in [0.1, 0.15) is 49.0 Å². The molecule has 2 unspecified atom stereocenters. The van der Waals surface area contributed by atoms with Gasteiger partial charge in [0, 0.05) is 18.8 Å². The summed E-state index contributed by atoms with van der Waals surface area (Å²) in [6, 6.07) is 5.99. The lowest BCUT2D eigenvalue weighted by Gasteiger charge is -2.14. The number of hydrogen-bond acceptors (Lipinski definition) is 2. The van der Waals surface area contributed by atoms with Crippen LogP contribution < -0.4 is 10.6 Å². The number of carbonyl (C=O) groups excluding carboxylic acids is 1. The maximum atomic E-state index is 12.4. The highest BCUT2D eigenvalue weighted by atomic mass is 16.1. The van der Waals surface area contributed by atoms with Gasteiger partial charge in [0.25, 0.3) is 5.91 Å². The summed E-state index contributed by atoms with van der Waals surface area (Å²) in [6.07, 6.45) is 3.79. The van der Waals surface area contributed by atoms with Crippen LogP contribution >= 0.6 is 0 Å². The first-order valence-corrected chi connectivity index (χ1v) is 7.72. The lowest BCUT2D eigenvalue weighted by molar-refractivity contribution is 0.0948. The number of nitrogens with one attached hydrogen (secondary N) is 2. The summed E-state index contributed by atoms with van der Waals surface area (Å²) < 4.78 is 0. The monoisotopic (exact) mass is 274 g/mol. The molecule has 1 aliphatic rings. The number of anilines is 1. The van der Waals surface area contributed by atoms with Crippen molar-refractivity contribution in [1.82, 2.24) is 5.32 Å². The van der Waals surface area contributed by atoms with Crippen molar-refractivity contribution >= 4 is 11.6 Å². The van der Waals surface area contributed by atoms with E-state index in [0.29, 0.717) is 5.92 Å². The van der Waals surface area contributed by atoms with Crippen LogP contribution in [0.3, 0.4) is 0 Å². The molecule has 2 rings (SSSR count). The van der Waals surface area contributed by atoms with Crippen molar-refractivity contribution in [2.75, 3.05) is 18.4 Å². The van der Waals surface area contributed by atoms with Gasteiger partial charge < -0.3 is 10.6 Å². The molecule has 0 bridgehead atoms. The molecule has 2 N–H and O–H groups in total. The Hall–Kier alpha value is -1.51. The van der Waals surface area contributed by atoms with E-state index in [2.05, 4.69) is 17.6 Å². The maximum Gasteiger partial charge on any atom is 0.253 e. The molecule has 1 saturated carbocycles. The van der Waals surface area contributed by atoms with Crippen LogP contribution in [-0.4, -0.2) is 19.0 Å². The van der Waals surface area contributed by atoms with E-state index in [1.54, 1.807) is 0 Å². The Bertz CT molecular complexity index is 470. The van der Waals surface area contributed by atoms with Crippen LogP contribution in [0.5, 0.6) is 0 Å². The van der Waals surface area contributed by atoms with Gasteiger partial charge >= 0.3 is 0 Å². The third-order valence-electron chi connectivity index (χ3n) is 4.14. The summed E-state index contributed by atoms with van der Waals surface area (Å²) in [4.78, 5) is 12.4. The third-order valence-corrected chi connectivity index (χ3v) is 4.14. The van der Waals surface area contributed by atoms with Gasteiger partial charge in [0.1, 0.15) is 0 Å². The van der Waals surface area contributed by atoms with Gasteiger partial charge in [0.05, 0.1) is 5.56 Å². The van der Waals surface area contributed by atoms with Gasteiger partial charge in [-0.2, -0.15) is 0 Å². The Morgan fingerprint density at radius 2 is 2.15 bits per heavy atom. The molecule has 0 aromatic heterocycles. The van der Waals surface area contributed by atoms with Gasteiger partial charge in [-0.3, -0.25) is 4.79 Å². The van der Waals surface area contributed by atoms with Crippen LogP contribution in [0.25, 0.3) is 0 Å². The third kappa shape index (κ3) is 3.75. The van der Waals surface area contributed by atoms with E-state index in [1.807, 2.05) is 32.0 Å². The number of benzene rings is 1. The van der Waals surface area contributed by atoms with Gasteiger partial charge in [0.2, 0.25) is 0 Å². The predicted octanol–water partition coefficient (Wildman–Crippen LogP) is 3.59. The zero-order valence-electron chi connectivity index (χ0n) is 12.8. The fourth-order valence-electron chi connectivity index (χ4n) is 3.03. The largest absolute Gasteiger partial charge is 0.385 e. The van der Waals surface area contributed by atoms with Gasteiger partial charge in [-0.05, 0) is 50.7 Å². The molecule has 0 radical (unpaired) electrons. The van der Waals surface area contributed by atoms with Crippen LogP contribution in [0.15, 0.2) is 18.2 Å². The van der Waals surface area contributed by atoms with Crippen molar-refractivity contribution in [3.8, 4) is 0 Å². The molecule has 110 valence electrons. The highest BCUT2D eigenvalue weighted by Gasteiger charge is 2.22. The number of carbonyl (C=O) groups is 1. The number of hydrogen-bond donors (Lipinski definition) is 2. The number of aryl methyl sites for hydroxylation is 1. The van der Waals surface area contributed by atoms with Crippen molar-refractivity contribution in [1.29, 1.82) is 0 Å². The Labute approximate surface area is 122 Å². The second-order valence-electron chi connectivity index (χ2n) is 6.07. The van der Waals surface area contributed by atoms with Gasteiger partial charge in [-0.15, -0.1) is 0 Å². The molecule has 1 aromatic carbocycles. The van der Waals surface area contributed by atoms with Crippen LogP contribution in [0, 0.1) is 18.8 Å². The second-order valence-corrected chi connectivity index (χ2v) is 6.07. The van der Waals surface area contributed by atoms with Gasteiger partial charge in [0.15, 0.2) is 0 Å². The van der Waals surface area contributed by atoms with Crippen LogP contribution in [0.2, 0.25) is 0 Å². The highest BCUT2D eigenvalue weighted by molar-refractivity contribution is 5.99. The fraction of sp³-hybridized carbons (Fsp3) is 0.588. The maximum absolute atomic E-state index is 12.4. The molecule has 0 saturated heterocycles. The molecular weight excluding hydrogens is 248 g/mol. The summed E-state index contributed by atoms with van der Waals surface area (Å²) in [5.74, 6) is 1.51. The minimum Gasteiger partial charge on any atom is -0.385 e. The minimum absolute atomic E-state index is 0.0456. The molecule has 0 heterocycles. The minimum atomic E-state index is 0.0456. The van der Waals surface area contributed by atoms with Crippen LogP contribution in [-0.2, 0) is 0 Å². The van der Waals surface area contributed by atoms with E-state index >= 15 is 0 Å². The lowest BCUT2D eigenvalue weighted by Crippen LogP contribution is -2.29. The smallest absolute Gasteiger partial charge is 0.253 e. The molecular formula is C17H26N2O. The SMILES string of the molecule is CCNc1ccc(C)cc1C(=O)NCC1CCC(C)C1. The first kappa shape index (κ1) is 14.9. The van der Waals surface area contributed by atoms with E-state index < -0.39 is 0 Å². The molecule has 0 aliphatic heterocycles. The number of rotatable bonds is 5. The van der Waals surface area contributed by atoms with E-state index in [-0.39, 0.29) is 5.91 Å². The van der Waals surface area contributed by atoms with Crippen molar-refractivity contribution in [2.45, 2.75) is 40.0 Å². The normalized spacial score (nSPS) is 21.8. The summed E-state index contributed by atoms with van der Waals surface area (Å²) in [5.41, 5.74) is 2.81. The van der Waals surface area contributed by atoms with E-state index in [1.165, 1.54) is 19.3 Å². The van der Waals surface area contributed by atoms with E-state index in [9.17, 15) is 4.79 Å². The van der Waals surface area contributed by atoms with Gasteiger partial charge in [-0.25, -0.2) is 0 Å². The summed E-state index contributed by atoms with van der Waals surface area (Å²) in [7, 11) is 0.